The first-order valence-electron chi connectivity index (χ1n) is 10.6. The van der Waals surface area contributed by atoms with Crippen LogP contribution in [0, 0.1) is 20.8 Å². The van der Waals surface area contributed by atoms with E-state index in [1.807, 2.05) is 50.2 Å². The van der Waals surface area contributed by atoms with E-state index in [2.05, 4.69) is 58.6 Å². The van der Waals surface area contributed by atoms with E-state index in [-0.39, 0.29) is 12.5 Å². The van der Waals surface area contributed by atoms with E-state index in [0.29, 0.717) is 24.7 Å². The van der Waals surface area contributed by atoms with Gasteiger partial charge < -0.3 is 20.1 Å². The lowest BCUT2D eigenvalue weighted by molar-refractivity contribution is -0.118. The quantitative estimate of drug-likeness (QED) is 0.359. The van der Waals surface area contributed by atoms with Gasteiger partial charge in [-0.2, -0.15) is 0 Å². The summed E-state index contributed by atoms with van der Waals surface area (Å²) in [5.74, 6) is 0.884. The van der Waals surface area contributed by atoms with Crippen molar-refractivity contribution in [2.24, 2.45) is 0 Å². The molecule has 5 nitrogen and oxygen atoms in total. The van der Waals surface area contributed by atoms with Crippen LogP contribution in [0.2, 0.25) is 0 Å². The van der Waals surface area contributed by atoms with Gasteiger partial charge in [-0.05, 0) is 90.6 Å². The van der Waals surface area contributed by atoms with Crippen molar-refractivity contribution < 1.29 is 14.3 Å². The van der Waals surface area contributed by atoms with Gasteiger partial charge in [-0.15, -0.1) is 0 Å². The molecule has 1 amide bonds. The highest BCUT2D eigenvalue weighted by atomic mass is 79.9. The largest absolute Gasteiger partial charge is 0.490 e. The molecule has 0 saturated heterocycles. The van der Waals surface area contributed by atoms with Crippen molar-refractivity contribution in [1.29, 1.82) is 0 Å². The molecule has 0 saturated carbocycles. The third-order valence-electron chi connectivity index (χ3n) is 4.88. The molecule has 0 aliphatic carbocycles. The predicted octanol–water partition coefficient (Wildman–Crippen LogP) is 6.40. The fourth-order valence-electron chi connectivity index (χ4n) is 3.39. The molecule has 0 aromatic heterocycles. The summed E-state index contributed by atoms with van der Waals surface area (Å²) in [4.78, 5) is 12.4. The van der Waals surface area contributed by atoms with Crippen LogP contribution in [0.25, 0.3) is 0 Å². The van der Waals surface area contributed by atoms with Crippen LogP contribution in [0.3, 0.4) is 0 Å². The molecule has 3 aromatic rings. The van der Waals surface area contributed by atoms with Gasteiger partial charge in [-0.3, -0.25) is 4.79 Å². The Morgan fingerprint density at radius 2 is 1.75 bits per heavy atom. The van der Waals surface area contributed by atoms with E-state index in [1.54, 1.807) is 0 Å². The molecule has 0 unspecified atom stereocenters. The zero-order valence-electron chi connectivity index (χ0n) is 18.9. The Hall–Kier alpha value is -2.99. The van der Waals surface area contributed by atoms with Crippen molar-refractivity contribution in [3.63, 3.8) is 0 Å². The van der Waals surface area contributed by atoms with Crippen LogP contribution in [0.15, 0.2) is 59.1 Å². The minimum Gasteiger partial charge on any atom is -0.490 e. The molecule has 0 aliphatic rings. The highest BCUT2D eigenvalue weighted by molar-refractivity contribution is 9.10. The van der Waals surface area contributed by atoms with Crippen molar-refractivity contribution >= 4 is 33.2 Å². The molecule has 0 atom stereocenters. The maximum Gasteiger partial charge on any atom is 0.262 e. The number of carbonyl (C=O) groups excluding carboxylic acids is 1. The Bertz CT molecular complexity index is 1100. The number of aryl methyl sites for hydroxylation is 3. The maximum atomic E-state index is 12.4. The summed E-state index contributed by atoms with van der Waals surface area (Å²) < 4.78 is 12.4. The lowest BCUT2D eigenvalue weighted by Gasteiger charge is -2.16. The highest BCUT2D eigenvalue weighted by Crippen LogP contribution is 2.37. The van der Waals surface area contributed by atoms with Gasteiger partial charge in [0.1, 0.15) is 0 Å². The van der Waals surface area contributed by atoms with E-state index in [1.165, 1.54) is 11.1 Å². The van der Waals surface area contributed by atoms with E-state index >= 15 is 0 Å². The summed E-state index contributed by atoms with van der Waals surface area (Å²) in [6.45, 7) is 9.09. The highest BCUT2D eigenvalue weighted by Gasteiger charge is 2.14. The molecule has 0 radical (unpaired) electrons. The number of ether oxygens (including phenoxy) is 2. The van der Waals surface area contributed by atoms with Gasteiger partial charge in [-0.25, -0.2) is 0 Å². The number of nitrogens with one attached hydrogen (secondary N) is 2. The molecular weight excluding hydrogens is 468 g/mol. The number of carbonyl (C=O) groups is 1. The number of benzene rings is 3. The fraction of sp³-hybridized carbons (Fsp3) is 0.269. The fourth-order valence-corrected chi connectivity index (χ4v) is 4.00. The molecule has 0 spiro atoms. The second-order valence-corrected chi connectivity index (χ2v) is 8.57. The first-order chi connectivity index (χ1) is 15.4. The van der Waals surface area contributed by atoms with Crippen molar-refractivity contribution in [2.75, 3.05) is 23.8 Å². The van der Waals surface area contributed by atoms with Crippen molar-refractivity contribution in [3.8, 4) is 11.5 Å². The van der Waals surface area contributed by atoms with E-state index < -0.39 is 0 Å². The Kier molecular flexibility index (Phi) is 8.17. The zero-order chi connectivity index (χ0) is 23.1. The summed E-state index contributed by atoms with van der Waals surface area (Å²) in [5, 5.41) is 6.33. The number of anilines is 2. The molecule has 2 N–H and O–H groups in total. The number of halogens is 1. The van der Waals surface area contributed by atoms with E-state index in [4.69, 9.17) is 9.47 Å². The average Bonchev–Trinajstić information content (AvgIpc) is 2.73. The standard InChI is InChI=1S/C26H29BrN2O3/c1-5-31-24-14-20(15-28-23-10-9-18(3)11-19(23)4)13-22(27)26(24)32-16-25(30)29-21-8-6-7-17(2)12-21/h6-14,28H,5,15-16H2,1-4H3,(H,29,30). The predicted molar refractivity (Wildman–Crippen MR) is 134 cm³/mol. The topological polar surface area (TPSA) is 59.6 Å². The first kappa shape index (κ1) is 23.7. The second-order valence-electron chi connectivity index (χ2n) is 7.72. The van der Waals surface area contributed by atoms with Gasteiger partial charge in [0, 0.05) is 17.9 Å². The van der Waals surface area contributed by atoms with Crippen LogP contribution >= 0.6 is 15.9 Å². The molecule has 0 bridgehead atoms. The molecule has 168 valence electrons. The van der Waals surface area contributed by atoms with Crippen LogP contribution < -0.4 is 20.1 Å². The SMILES string of the molecule is CCOc1cc(CNc2ccc(C)cc2C)cc(Br)c1OCC(=O)Nc1cccc(C)c1. The smallest absolute Gasteiger partial charge is 0.262 e. The molecule has 0 fully saturated rings. The van der Waals surface area contributed by atoms with Crippen LogP contribution in [-0.4, -0.2) is 19.1 Å². The van der Waals surface area contributed by atoms with Gasteiger partial charge in [0.25, 0.3) is 5.91 Å². The Balaban J connectivity index is 1.68. The average molecular weight is 497 g/mol. The molecular formula is C26H29BrN2O3. The summed E-state index contributed by atoms with van der Waals surface area (Å²) >= 11 is 3.58. The Morgan fingerprint density at radius 1 is 0.969 bits per heavy atom. The summed E-state index contributed by atoms with van der Waals surface area (Å²) in [7, 11) is 0. The number of hydrogen-bond donors (Lipinski definition) is 2. The van der Waals surface area contributed by atoms with Crippen molar-refractivity contribution in [3.05, 3.63) is 81.3 Å². The molecule has 32 heavy (non-hydrogen) atoms. The Morgan fingerprint density at radius 3 is 2.47 bits per heavy atom. The monoisotopic (exact) mass is 496 g/mol. The van der Waals surface area contributed by atoms with Crippen molar-refractivity contribution in [1.82, 2.24) is 0 Å². The number of amides is 1. The molecule has 6 heteroatoms. The number of rotatable bonds is 9. The van der Waals surface area contributed by atoms with Gasteiger partial charge in [0.05, 0.1) is 11.1 Å². The van der Waals surface area contributed by atoms with Crippen molar-refractivity contribution in [2.45, 2.75) is 34.2 Å². The third-order valence-corrected chi connectivity index (χ3v) is 5.47. The third kappa shape index (κ3) is 6.50. The lowest BCUT2D eigenvalue weighted by Crippen LogP contribution is -2.20. The van der Waals surface area contributed by atoms with Crippen LogP contribution in [0.4, 0.5) is 11.4 Å². The molecule has 3 rings (SSSR count). The van der Waals surface area contributed by atoms with Crippen LogP contribution in [0.5, 0.6) is 11.5 Å². The van der Waals surface area contributed by atoms with Crippen LogP contribution in [0.1, 0.15) is 29.2 Å². The minimum atomic E-state index is -0.231. The number of hydrogen-bond acceptors (Lipinski definition) is 4. The Labute approximate surface area is 198 Å². The lowest BCUT2D eigenvalue weighted by atomic mass is 10.1. The zero-order valence-corrected chi connectivity index (χ0v) is 20.5. The summed E-state index contributed by atoms with van der Waals surface area (Å²) in [6.07, 6.45) is 0. The van der Waals surface area contributed by atoms with Gasteiger partial charge in [0.2, 0.25) is 0 Å². The van der Waals surface area contributed by atoms with Gasteiger partial charge in [-0.1, -0.05) is 29.8 Å². The summed E-state index contributed by atoms with van der Waals surface area (Å²) in [5.41, 5.74) is 6.40. The maximum absolute atomic E-state index is 12.4. The first-order valence-corrected chi connectivity index (χ1v) is 11.4. The summed E-state index contributed by atoms with van der Waals surface area (Å²) in [6, 6.07) is 17.9. The van der Waals surface area contributed by atoms with Crippen LogP contribution in [-0.2, 0) is 11.3 Å². The minimum absolute atomic E-state index is 0.118. The van der Waals surface area contributed by atoms with Gasteiger partial charge >= 0.3 is 0 Å². The van der Waals surface area contributed by atoms with E-state index in [0.717, 1.165) is 27.0 Å². The van der Waals surface area contributed by atoms with E-state index in [9.17, 15) is 4.79 Å². The van der Waals surface area contributed by atoms with Gasteiger partial charge in [0.15, 0.2) is 18.1 Å². The molecule has 0 heterocycles. The normalized spacial score (nSPS) is 10.5. The molecule has 3 aromatic carbocycles. The second kappa shape index (κ2) is 11.0. The molecule has 0 aliphatic heterocycles.